The van der Waals surface area contributed by atoms with E-state index in [4.69, 9.17) is 0 Å². The average molecular weight is 316 g/mol. The van der Waals surface area contributed by atoms with Crippen molar-refractivity contribution in [2.45, 2.75) is 51.0 Å². The van der Waals surface area contributed by atoms with E-state index in [-0.39, 0.29) is 12.1 Å². The highest BCUT2D eigenvalue weighted by Gasteiger charge is 2.22. The molecule has 2 aliphatic rings. The number of urea groups is 1. The van der Waals surface area contributed by atoms with Crippen LogP contribution in [0, 0.1) is 11.8 Å². The molecule has 0 unspecified atom stereocenters. The summed E-state index contributed by atoms with van der Waals surface area (Å²) in [7, 11) is 0. The van der Waals surface area contributed by atoms with Crippen LogP contribution in [-0.4, -0.2) is 30.3 Å². The Morgan fingerprint density at radius 2 is 1.83 bits per heavy atom. The number of carbonyl (C=O) groups excluding carboxylic acids is 1. The summed E-state index contributed by atoms with van der Waals surface area (Å²) in [5.41, 5.74) is 2.94. The van der Waals surface area contributed by atoms with Gasteiger partial charge >= 0.3 is 6.03 Å². The summed E-state index contributed by atoms with van der Waals surface area (Å²) in [5.74, 6) is 1.08. The van der Waals surface area contributed by atoms with Gasteiger partial charge in [0.15, 0.2) is 0 Å². The molecule has 2 aliphatic carbocycles. The van der Waals surface area contributed by atoms with E-state index in [0.29, 0.717) is 18.4 Å². The SMILES string of the molecule is O=C(NCCC1Cc2ccccc2C1)NC[C@@H]1CCC[C@H](O)C1. The molecule has 3 rings (SSSR count). The number of carbonyl (C=O) groups is 1. The predicted molar refractivity (Wildman–Crippen MR) is 91.3 cm³/mol. The Bertz CT molecular complexity index is 507. The van der Waals surface area contributed by atoms with Gasteiger partial charge in [-0.2, -0.15) is 0 Å². The molecule has 0 bridgehead atoms. The average Bonchev–Trinajstić information content (AvgIpc) is 2.96. The second-order valence-corrected chi connectivity index (χ2v) is 7.15. The molecule has 1 aromatic carbocycles. The van der Waals surface area contributed by atoms with Crippen molar-refractivity contribution < 1.29 is 9.90 Å². The molecule has 0 heterocycles. The van der Waals surface area contributed by atoms with Gasteiger partial charge in [-0.15, -0.1) is 0 Å². The van der Waals surface area contributed by atoms with Crippen LogP contribution in [0.5, 0.6) is 0 Å². The fourth-order valence-corrected chi connectivity index (χ4v) is 3.99. The molecule has 1 saturated carbocycles. The van der Waals surface area contributed by atoms with Gasteiger partial charge in [-0.1, -0.05) is 30.7 Å². The lowest BCUT2D eigenvalue weighted by atomic mass is 9.87. The maximum absolute atomic E-state index is 11.9. The summed E-state index contributed by atoms with van der Waals surface area (Å²) in [5, 5.41) is 15.6. The summed E-state index contributed by atoms with van der Waals surface area (Å²) < 4.78 is 0. The Hall–Kier alpha value is -1.55. The van der Waals surface area contributed by atoms with Gasteiger partial charge in [-0.05, 0) is 61.5 Å². The molecule has 126 valence electrons. The van der Waals surface area contributed by atoms with Gasteiger partial charge in [-0.25, -0.2) is 4.79 Å². The highest BCUT2D eigenvalue weighted by Crippen LogP contribution is 2.28. The Morgan fingerprint density at radius 3 is 2.52 bits per heavy atom. The van der Waals surface area contributed by atoms with Crippen molar-refractivity contribution in [2.75, 3.05) is 13.1 Å². The minimum absolute atomic E-state index is 0.0689. The molecule has 2 amide bonds. The largest absolute Gasteiger partial charge is 0.393 e. The molecule has 2 atom stereocenters. The monoisotopic (exact) mass is 316 g/mol. The van der Waals surface area contributed by atoms with E-state index in [1.807, 2.05) is 0 Å². The van der Waals surface area contributed by atoms with Gasteiger partial charge < -0.3 is 15.7 Å². The first kappa shape index (κ1) is 16.3. The van der Waals surface area contributed by atoms with Crippen molar-refractivity contribution in [3.8, 4) is 0 Å². The molecule has 23 heavy (non-hydrogen) atoms. The van der Waals surface area contributed by atoms with E-state index in [9.17, 15) is 9.90 Å². The number of benzene rings is 1. The molecule has 3 N–H and O–H groups in total. The van der Waals surface area contributed by atoms with Crippen molar-refractivity contribution in [3.05, 3.63) is 35.4 Å². The molecule has 0 aromatic heterocycles. The summed E-state index contributed by atoms with van der Waals surface area (Å²) in [6, 6.07) is 8.58. The Labute approximate surface area is 138 Å². The summed E-state index contributed by atoms with van der Waals surface area (Å²) in [6.45, 7) is 1.41. The van der Waals surface area contributed by atoms with Crippen LogP contribution in [0.15, 0.2) is 24.3 Å². The Kier molecular flexibility index (Phi) is 5.55. The predicted octanol–water partition coefficient (Wildman–Crippen LogP) is 2.64. The van der Waals surface area contributed by atoms with Crippen molar-refractivity contribution >= 4 is 6.03 Å². The topological polar surface area (TPSA) is 61.4 Å². The fraction of sp³-hybridized carbons (Fsp3) is 0.632. The quantitative estimate of drug-likeness (QED) is 0.782. The third-order valence-electron chi connectivity index (χ3n) is 5.28. The maximum Gasteiger partial charge on any atom is 0.314 e. The molecule has 1 fully saturated rings. The molecule has 0 spiro atoms. The number of aliphatic hydroxyl groups is 1. The maximum atomic E-state index is 11.9. The summed E-state index contributed by atoms with van der Waals surface area (Å²) in [4.78, 5) is 11.9. The zero-order valence-electron chi connectivity index (χ0n) is 13.8. The zero-order valence-corrected chi connectivity index (χ0v) is 13.8. The standard InChI is InChI=1S/C19H28N2O2/c22-18-7-3-4-15(12-18)13-21-19(23)20-9-8-14-10-16-5-1-2-6-17(16)11-14/h1-2,5-6,14-15,18,22H,3-4,7-13H2,(H2,20,21,23)/t15-,18+/m1/s1. The van der Waals surface area contributed by atoms with Gasteiger partial charge in [0.2, 0.25) is 0 Å². The minimum atomic E-state index is -0.178. The summed E-state index contributed by atoms with van der Waals surface area (Å²) in [6.07, 6.45) is 7.04. The van der Waals surface area contributed by atoms with Crippen LogP contribution in [-0.2, 0) is 12.8 Å². The highest BCUT2D eigenvalue weighted by molar-refractivity contribution is 5.73. The van der Waals surface area contributed by atoms with Crippen LogP contribution in [0.1, 0.15) is 43.2 Å². The first-order valence-corrected chi connectivity index (χ1v) is 8.97. The van der Waals surface area contributed by atoms with E-state index in [2.05, 4.69) is 34.9 Å². The first-order valence-electron chi connectivity index (χ1n) is 8.97. The minimum Gasteiger partial charge on any atom is -0.393 e. The van der Waals surface area contributed by atoms with Gasteiger partial charge in [-0.3, -0.25) is 0 Å². The second-order valence-electron chi connectivity index (χ2n) is 7.15. The van der Waals surface area contributed by atoms with E-state index in [1.54, 1.807) is 0 Å². The van der Waals surface area contributed by atoms with Gasteiger partial charge in [0.25, 0.3) is 0 Å². The van der Waals surface area contributed by atoms with E-state index in [1.165, 1.54) is 11.1 Å². The molecule has 4 heteroatoms. The second kappa shape index (κ2) is 7.82. The van der Waals surface area contributed by atoms with Crippen LogP contribution in [0.25, 0.3) is 0 Å². The van der Waals surface area contributed by atoms with Gasteiger partial charge in [0, 0.05) is 13.1 Å². The van der Waals surface area contributed by atoms with Crippen molar-refractivity contribution in [1.29, 1.82) is 0 Å². The molecule has 0 radical (unpaired) electrons. The van der Waals surface area contributed by atoms with Crippen LogP contribution >= 0.6 is 0 Å². The molecular formula is C19H28N2O2. The first-order chi connectivity index (χ1) is 11.2. The van der Waals surface area contributed by atoms with Crippen LogP contribution < -0.4 is 10.6 Å². The van der Waals surface area contributed by atoms with Gasteiger partial charge in [0.05, 0.1) is 6.10 Å². The zero-order chi connectivity index (χ0) is 16.1. The fourth-order valence-electron chi connectivity index (χ4n) is 3.99. The number of aliphatic hydroxyl groups excluding tert-OH is 1. The normalized spacial score (nSPS) is 24.2. The van der Waals surface area contributed by atoms with E-state index in [0.717, 1.165) is 51.5 Å². The number of nitrogens with one attached hydrogen (secondary N) is 2. The Balaban J connectivity index is 1.30. The van der Waals surface area contributed by atoms with E-state index < -0.39 is 0 Å². The van der Waals surface area contributed by atoms with Crippen LogP contribution in [0.2, 0.25) is 0 Å². The third-order valence-corrected chi connectivity index (χ3v) is 5.28. The molecule has 0 aliphatic heterocycles. The lowest BCUT2D eigenvalue weighted by Crippen LogP contribution is -2.40. The van der Waals surface area contributed by atoms with Gasteiger partial charge in [0.1, 0.15) is 0 Å². The molecule has 0 saturated heterocycles. The summed E-state index contributed by atoms with van der Waals surface area (Å²) >= 11 is 0. The number of amides is 2. The van der Waals surface area contributed by atoms with Crippen LogP contribution in [0.4, 0.5) is 4.79 Å². The third kappa shape index (κ3) is 4.71. The number of hydrogen-bond donors (Lipinski definition) is 3. The van der Waals surface area contributed by atoms with E-state index >= 15 is 0 Å². The Morgan fingerprint density at radius 1 is 1.09 bits per heavy atom. The number of rotatable bonds is 5. The lowest BCUT2D eigenvalue weighted by molar-refractivity contribution is 0.101. The smallest absolute Gasteiger partial charge is 0.314 e. The lowest BCUT2D eigenvalue weighted by Gasteiger charge is -2.25. The van der Waals surface area contributed by atoms with Crippen molar-refractivity contribution in [3.63, 3.8) is 0 Å². The highest BCUT2D eigenvalue weighted by atomic mass is 16.3. The van der Waals surface area contributed by atoms with Crippen molar-refractivity contribution in [1.82, 2.24) is 10.6 Å². The number of hydrogen-bond acceptors (Lipinski definition) is 2. The molecular weight excluding hydrogens is 288 g/mol. The van der Waals surface area contributed by atoms with Crippen LogP contribution in [0.3, 0.4) is 0 Å². The molecule has 4 nitrogen and oxygen atoms in total. The van der Waals surface area contributed by atoms with Crippen molar-refractivity contribution in [2.24, 2.45) is 11.8 Å². The number of fused-ring (bicyclic) bond motifs is 1. The molecule has 1 aromatic rings.